The third-order valence-corrected chi connectivity index (χ3v) is 13.5. The zero-order valence-electron chi connectivity index (χ0n) is 24.7. The molecule has 8 atom stereocenters. The number of aliphatic hydroxyl groups is 2. The molecule has 0 amide bonds. The van der Waals surface area contributed by atoms with Crippen molar-refractivity contribution in [3.8, 4) is 0 Å². The fourth-order valence-electron chi connectivity index (χ4n) is 6.57. The third kappa shape index (κ3) is 6.80. The van der Waals surface area contributed by atoms with E-state index in [1.807, 2.05) is 60.7 Å². The van der Waals surface area contributed by atoms with Crippen LogP contribution in [-0.2, 0) is 23.7 Å². The second-order valence-electron chi connectivity index (χ2n) is 12.1. The number of hydrogen-bond acceptors (Lipinski definition) is 10. The zero-order chi connectivity index (χ0) is 30.5. The third-order valence-electron chi connectivity index (χ3n) is 8.99. The number of hydrogen-bond donors (Lipinski definition) is 5. The molecular weight excluding hydrogens is 556 g/mol. The molecule has 0 spiro atoms. The van der Waals surface area contributed by atoms with Gasteiger partial charge >= 0.3 is 5.97 Å². The van der Waals surface area contributed by atoms with Crippen LogP contribution in [0.3, 0.4) is 0 Å². The predicted octanol–water partition coefficient (Wildman–Crippen LogP) is 0.385. The van der Waals surface area contributed by atoms with Gasteiger partial charge in [-0.1, -0.05) is 74.5 Å². The first kappa shape index (κ1) is 32.7. The van der Waals surface area contributed by atoms with E-state index in [4.69, 9.17) is 25.7 Å². The summed E-state index contributed by atoms with van der Waals surface area (Å²) < 4.78 is 22.7. The topological polar surface area (TPSA) is 167 Å². The highest BCUT2D eigenvalue weighted by molar-refractivity contribution is 6.98. The number of carbonyl (C=O) groups is 1. The Labute approximate surface area is 249 Å². The van der Waals surface area contributed by atoms with Crippen LogP contribution in [0.25, 0.3) is 0 Å². The van der Waals surface area contributed by atoms with Crippen LogP contribution in [0.2, 0.25) is 5.04 Å². The lowest BCUT2D eigenvalue weighted by atomic mass is 9.77. The zero-order valence-corrected chi connectivity index (χ0v) is 25.7. The number of rotatable bonds is 11. The molecule has 0 radical (unpaired) electrons. The molecule has 1 saturated heterocycles. The highest BCUT2D eigenvalue weighted by Crippen LogP contribution is 2.45. The van der Waals surface area contributed by atoms with Crippen LogP contribution >= 0.6 is 0 Å². The molecule has 42 heavy (non-hydrogen) atoms. The first-order valence-corrected chi connectivity index (χ1v) is 16.6. The highest BCUT2D eigenvalue weighted by atomic mass is 28.4. The van der Waals surface area contributed by atoms with E-state index in [9.17, 15) is 19.8 Å². The molecule has 0 bridgehead atoms. The second-order valence-corrected chi connectivity index (χ2v) is 16.0. The lowest BCUT2D eigenvalue weighted by Gasteiger charge is -2.48. The maximum atomic E-state index is 12.7. The summed E-state index contributed by atoms with van der Waals surface area (Å²) in [5, 5.41) is 21.9. The summed E-state index contributed by atoms with van der Waals surface area (Å²) in [6, 6.07) is 18.6. The average molecular weight is 603 g/mol. The van der Waals surface area contributed by atoms with E-state index in [1.54, 1.807) is 0 Å². The number of benzene rings is 2. The van der Waals surface area contributed by atoms with Crippen molar-refractivity contribution in [1.29, 1.82) is 0 Å². The second kappa shape index (κ2) is 14.1. The van der Waals surface area contributed by atoms with Crippen LogP contribution in [0, 0.1) is 5.92 Å². The van der Waals surface area contributed by atoms with Crippen molar-refractivity contribution < 1.29 is 38.8 Å². The molecule has 1 aliphatic carbocycles. The minimum Gasteiger partial charge on any atom is -0.467 e. The molecule has 2 fully saturated rings. The van der Waals surface area contributed by atoms with Crippen LogP contribution in [0.5, 0.6) is 0 Å². The Kier molecular flexibility index (Phi) is 11.0. The first-order valence-electron chi connectivity index (χ1n) is 14.7. The lowest BCUT2D eigenvalue weighted by molar-refractivity contribution is -0.290. The average Bonchev–Trinajstić information content (AvgIpc) is 3.00. The van der Waals surface area contributed by atoms with Gasteiger partial charge in [-0.3, -0.25) is 0 Å². The van der Waals surface area contributed by atoms with Crippen molar-refractivity contribution in [3.05, 3.63) is 60.7 Å². The molecule has 2 aromatic rings. The predicted molar refractivity (Wildman–Crippen MR) is 160 cm³/mol. The summed E-state index contributed by atoms with van der Waals surface area (Å²) in [7, 11) is -2.06. The molecule has 2 aliphatic rings. The van der Waals surface area contributed by atoms with Gasteiger partial charge in [-0.15, -0.1) is 0 Å². The van der Waals surface area contributed by atoms with Crippen LogP contribution < -0.4 is 21.8 Å². The minimum absolute atomic E-state index is 0.134. The SMILES string of the molecule is COC(=O)COC1C(N)[C@H](O[C@H]2CCC[C@@H](N)[C@@H]2CC(C)(C)[Si](O)(c2ccccc2)c2ccccc2)OC(CO)[C@H]1O. The highest BCUT2D eigenvalue weighted by Gasteiger charge is 2.53. The Balaban J connectivity index is 1.60. The monoisotopic (exact) mass is 602 g/mol. The van der Waals surface area contributed by atoms with Gasteiger partial charge in [0.05, 0.1) is 25.9 Å². The van der Waals surface area contributed by atoms with E-state index in [2.05, 4.69) is 18.6 Å². The van der Waals surface area contributed by atoms with Crippen molar-refractivity contribution in [3.63, 3.8) is 0 Å². The molecule has 10 nitrogen and oxygen atoms in total. The Morgan fingerprint density at radius 1 is 1.05 bits per heavy atom. The molecular formula is C31H46N2O8Si. The lowest BCUT2D eigenvalue weighted by Crippen LogP contribution is -2.66. The molecule has 7 N–H and O–H groups in total. The van der Waals surface area contributed by atoms with Crippen LogP contribution in [0.4, 0.5) is 0 Å². The number of methoxy groups -OCH3 is 1. The van der Waals surface area contributed by atoms with E-state index >= 15 is 0 Å². The van der Waals surface area contributed by atoms with Gasteiger partial charge in [0.25, 0.3) is 8.32 Å². The van der Waals surface area contributed by atoms with Gasteiger partial charge in [0.2, 0.25) is 0 Å². The van der Waals surface area contributed by atoms with Gasteiger partial charge in [-0.25, -0.2) is 4.79 Å². The van der Waals surface area contributed by atoms with Crippen LogP contribution in [0.15, 0.2) is 60.7 Å². The number of aliphatic hydroxyl groups excluding tert-OH is 2. The normalized spacial score (nSPS) is 30.6. The molecule has 1 aliphatic heterocycles. The van der Waals surface area contributed by atoms with Crippen LogP contribution in [-0.4, -0.2) is 92.4 Å². The first-order chi connectivity index (χ1) is 20.0. The summed E-state index contributed by atoms with van der Waals surface area (Å²) in [5.74, 6) is -0.752. The molecule has 11 heteroatoms. The molecule has 3 unspecified atom stereocenters. The maximum Gasteiger partial charge on any atom is 0.331 e. The Bertz CT molecular complexity index is 1100. The van der Waals surface area contributed by atoms with Gasteiger partial charge in [0.1, 0.15) is 24.9 Å². The Morgan fingerprint density at radius 3 is 2.19 bits per heavy atom. The summed E-state index contributed by atoms with van der Waals surface area (Å²) in [5.41, 5.74) is 13.2. The number of nitrogens with two attached hydrogens (primary N) is 2. The van der Waals surface area contributed by atoms with Crippen LogP contribution in [0.1, 0.15) is 39.5 Å². The van der Waals surface area contributed by atoms with Gasteiger partial charge in [0.15, 0.2) is 6.29 Å². The summed E-state index contributed by atoms with van der Waals surface area (Å²) in [6.07, 6.45) is -1.73. The molecule has 1 heterocycles. The molecule has 1 saturated carbocycles. The standard InChI is InChI=1S/C31H46N2O8Si/c1-31(2,42(37,20-11-6-4-7-12-20)21-13-8-5-9-14-21)17-22-23(32)15-10-16-24(22)40-30-27(33)29(39-19-26(35)38-3)28(36)25(18-34)41-30/h4-9,11-14,22-25,27-30,34,36-37H,10,15-19,32-33H2,1-3H3/t22-,23+,24-,25?,27?,28+,29?,30+/m0/s1. The Morgan fingerprint density at radius 2 is 1.64 bits per heavy atom. The molecule has 0 aromatic heterocycles. The van der Waals surface area contributed by atoms with Crippen molar-refractivity contribution in [1.82, 2.24) is 0 Å². The summed E-state index contributed by atoms with van der Waals surface area (Å²) in [6.45, 7) is 3.31. The van der Waals surface area contributed by atoms with Crippen molar-refractivity contribution >= 4 is 24.7 Å². The number of carbonyl (C=O) groups excluding carboxylic acids is 1. The molecule has 2 aromatic carbocycles. The van der Waals surface area contributed by atoms with Crippen molar-refractivity contribution in [2.24, 2.45) is 17.4 Å². The van der Waals surface area contributed by atoms with E-state index in [0.717, 1.165) is 23.2 Å². The van der Waals surface area contributed by atoms with Crippen molar-refractivity contribution in [2.75, 3.05) is 20.3 Å². The Hall–Kier alpha value is -2.19. The van der Waals surface area contributed by atoms with Gasteiger partial charge in [0, 0.05) is 12.0 Å². The van der Waals surface area contributed by atoms with Gasteiger partial charge in [-0.2, -0.15) is 0 Å². The largest absolute Gasteiger partial charge is 0.467 e. The number of esters is 1. The molecule has 4 rings (SSSR count). The summed E-state index contributed by atoms with van der Waals surface area (Å²) in [4.78, 5) is 24.4. The van der Waals surface area contributed by atoms with E-state index in [-0.39, 0.29) is 18.1 Å². The number of ether oxygens (including phenoxy) is 4. The quantitative estimate of drug-likeness (QED) is 0.179. The van der Waals surface area contributed by atoms with Crippen molar-refractivity contribution in [2.45, 2.75) is 87.4 Å². The van der Waals surface area contributed by atoms with E-state index in [0.29, 0.717) is 12.8 Å². The van der Waals surface area contributed by atoms with Gasteiger partial charge < -0.3 is 45.4 Å². The smallest absolute Gasteiger partial charge is 0.331 e. The fraction of sp³-hybridized carbons (Fsp3) is 0.581. The molecule has 232 valence electrons. The fourth-order valence-corrected chi connectivity index (χ4v) is 10.3. The summed E-state index contributed by atoms with van der Waals surface area (Å²) >= 11 is 0. The minimum atomic E-state index is -3.30. The van der Waals surface area contributed by atoms with Gasteiger partial charge in [-0.05, 0) is 41.1 Å². The maximum absolute atomic E-state index is 12.7. The van der Waals surface area contributed by atoms with E-state index in [1.165, 1.54) is 7.11 Å². The van der Waals surface area contributed by atoms with E-state index < -0.39 is 63.2 Å².